The molecule has 0 spiro atoms. The first-order chi connectivity index (χ1) is 17.2. The number of carbonyl (C=O) groups excluding carboxylic acids is 3. The molecular formula is C28H45N3O5. The fourth-order valence-corrected chi connectivity index (χ4v) is 4.50. The van der Waals surface area contributed by atoms with E-state index >= 15 is 0 Å². The van der Waals surface area contributed by atoms with Crippen molar-refractivity contribution in [1.82, 2.24) is 15.7 Å². The summed E-state index contributed by atoms with van der Waals surface area (Å²) >= 11 is 0. The first kappa shape index (κ1) is 29.8. The molecule has 1 unspecified atom stereocenters. The minimum Gasteiger partial charge on any atom is -0.357 e. The van der Waals surface area contributed by atoms with Gasteiger partial charge in [0, 0.05) is 20.1 Å². The molecule has 4 atom stereocenters. The predicted octanol–water partition coefficient (Wildman–Crippen LogP) is 3.99. The largest absolute Gasteiger partial charge is 0.357 e. The highest BCUT2D eigenvalue weighted by atomic mass is 16.8. The number of benzene rings is 1. The Morgan fingerprint density at radius 3 is 2.44 bits per heavy atom. The zero-order valence-corrected chi connectivity index (χ0v) is 22.6. The third-order valence-electron chi connectivity index (χ3n) is 6.79. The maximum absolute atomic E-state index is 13.5. The monoisotopic (exact) mass is 503 g/mol. The summed E-state index contributed by atoms with van der Waals surface area (Å²) in [5.74, 6) is -1.04. The van der Waals surface area contributed by atoms with Crippen LogP contribution in [0.2, 0.25) is 0 Å². The molecule has 1 aromatic carbocycles. The quantitative estimate of drug-likeness (QED) is 0.227. The summed E-state index contributed by atoms with van der Waals surface area (Å²) in [4.78, 5) is 43.9. The van der Waals surface area contributed by atoms with Gasteiger partial charge in [0.1, 0.15) is 6.04 Å². The van der Waals surface area contributed by atoms with Gasteiger partial charge in [-0.15, -0.1) is 0 Å². The lowest BCUT2D eigenvalue weighted by atomic mass is 9.85. The lowest BCUT2D eigenvalue weighted by molar-refractivity contribution is -0.287. The van der Waals surface area contributed by atoms with Crippen LogP contribution in [0.15, 0.2) is 30.3 Å². The molecule has 0 aromatic heterocycles. The Labute approximate surface area is 216 Å². The summed E-state index contributed by atoms with van der Waals surface area (Å²) in [7, 11) is 1.56. The van der Waals surface area contributed by atoms with Crippen molar-refractivity contribution in [2.24, 2.45) is 11.3 Å². The number of nitrogens with zero attached hydrogens (tertiary/aromatic N) is 1. The van der Waals surface area contributed by atoms with Crippen LogP contribution >= 0.6 is 0 Å². The van der Waals surface area contributed by atoms with E-state index in [-0.39, 0.29) is 11.8 Å². The highest BCUT2D eigenvalue weighted by Crippen LogP contribution is 2.25. The van der Waals surface area contributed by atoms with Gasteiger partial charge in [-0.2, -0.15) is 0 Å². The Balaban J connectivity index is 2.08. The van der Waals surface area contributed by atoms with Gasteiger partial charge in [-0.1, -0.05) is 63.9 Å². The molecule has 1 aromatic rings. The van der Waals surface area contributed by atoms with Gasteiger partial charge in [-0.3, -0.25) is 14.4 Å². The lowest BCUT2D eigenvalue weighted by Crippen LogP contribution is -2.56. The minimum atomic E-state index is -0.699. The predicted molar refractivity (Wildman–Crippen MR) is 140 cm³/mol. The molecule has 1 aliphatic heterocycles. The van der Waals surface area contributed by atoms with Crippen molar-refractivity contribution < 1.29 is 24.0 Å². The highest BCUT2D eigenvalue weighted by molar-refractivity contribution is 5.89. The van der Waals surface area contributed by atoms with Gasteiger partial charge in [0.15, 0.2) is 6.29 Å². The minimum absolute atomic E-state index is 0.246. The van der Waals surface area contributed by atoms with Crippen molar-refractivity contribution in [3.8, 4) is 0 Å². The molecule has 0 bridgehead atoms. The Morgan fingerprint density at radius 2 is 1.86 bits per heavy atom. The van der Waals surface area contributed by atoms with E-state index in [9.17, 15) is 14.4 Å². The van der Waals surface area contributed by atoms with Crippen LogP contribution in [0.3, 0.4) is 0 Å². The van der Waals surface area contributed by atoms with E-state index in [1.54, 1.807) is 7.05 Å². The van der Waals surface area contributed by atoms with Gasteiger partial charge in [-0.05, 0) is 50.0 Å². The number of rotatable bonds is 14. The molecule has 202 valence electrons. The molecule has 2 N–H and O–H groups in total. The maximum Gasteiger partial charge on any atom is 0.242 e. The van der Waals surface area contributed by atoms with E-state index in [0.717, 1.165) is 38.5 Å². The van der Waals surface area contributed by atoms with Crippen LogP contribution in [0.25, 0.3) is 0 Å². The summed E-state index contributed by atoms with van der Waals surface area (Å²) in [5, 5.41) is 6.82. The van der Waals surface area contributed by atoms with Crippen molar-refractivity contribution in [1.29, 1.82) is 0 Å². The Morgan fingerprint density at radius 1 is 1.14 bits per heavy atom. The number of likely N-dealkylation sites (N-methyl/N-ethyl adjacent to an activating group) is 1. The van der Waals surface area contributed by atoms with E-state index in [2.05, 4.69) is 22.8 Å². The third kappa shape index (κ3) is 9.54. The number of hydroxylamine groups is 2. The summed E-state index contributed by atoms with van der Waals surface area (Å²) in [6.07, 6.45) is 7.13. The topological polar surface area (TPSA) is 97.0 Å². The van der Waals surface area contributed by atoms with Crippen molar-refractivity contribution in [2.75, 3.05) is 13.7 Å². The number of hydrogen-bond donors (Lipinski definition) is 2. The van der Waals surface area contributed by atoms with E-state index in [0.29, 0.717) is 25.9 Å². The number of ether oxygens (including phenoxy) is 1. The van der Waals surface area contributed by atoms with Gasteiger partial charge in [0.25, 0.3) is 0 Å². The Kier molecular flexibility index (Phi) is 12.4. The fraction of sp³-hybridized carbons (Fsp3) is 0.679. The summed E-state index contributed by atoms with van der Waals surface area (Å²) in [6, 6.07) is 9.12. The summed E-state index contributed by atoms with van der Waals surface area (Å²) in [5.41, 5.74) is 0.822. The van der Waals surface area contributed by atoms with Crippen LogP contribution < -0.4 is 10.6 Å². The molecule has 0 saturated carbocycles. The van der Waals surface area contributed by atoms with Crippen LogP contribution in [0.5, 0.6) is 0 Å². The average molecular weight is 504 g/mol. The number of carbonyl (C=O) groups is 3. The van der Waals surface area contributed by atoms with Gasteiger partial charge in [0.05, 0.1) is 12.0 Å². The maximum atomic E-state index is 13.5. The first-order valence-electron chi connectivity index (χ1n) is 13.2. The van der Waals surface area contributed by atoms with Gasteiger partial charge >= 0.3 is 0 Å². The van der Waals surface area contributed by atoms with Crippen molar-refractivity contribution in [2.45, 2.75) is 97.4 Å². The van der Waals surface area contributed by atoms with Crippen LogP contribution in [0, 0.1) is 11.3 Å². The van der Waals surface area contributed by atoms with E-state index < -0.39 is 29.7 Å². The number of hydrogen-bond acceptors (Lipinski definition) is 5. The van der Waals surface area contributed by atoms with E-state index in [4.69, 9.17) is 9.57 Å². The fourth-order valence-electron chi connectivity index (χ4n) is 4.50. The molecule has 3 amide bonds. The molecule has 36 heavy (non-hydrogen) atoms. The molecular weight excluding hydrogens is 458 g/mol. The highest BCUT2D eigenvalue weighted by Gasteiger charge is 2.37. The molecule has 8 nitrogen and oxygen atoms in total. The first-order valence-corrected chi connectivity index (χ1v) is 13.2. The third-order valence-corrected chi connectivity index (χ3v) is 6.79. The number of aryl methyl sites for hydroxylation is 1. The van der Waals surface area contributed by atoms with E-state index in [1.165, 1.54) is 10.6 Å². The molecule has 1 aliphatic rings. The smallest absolute Gasteiger partial charge is 0.242 e. The second-order valence-corrected chi connectivity index (χ2v) is 10.7. The number of unbranched alkanes of at least 4 members (excludes halogenated alkanes) is 2. The SMILES string of the molecule is CNC(=O)[C@@H](NC(=O)[C@H](CCCCCc1ccccc1)[C@H](C)N(C=O)OC1CCCCO1)C(C)(C)C. The Hall–Kier alpha value is -2.45. The van der Waals surface area contributed by atoms with Crippen LogP contribution in [0.4, 0.5) is 0 Å². The molecule has 1 heterocycles. The second kappa shape index (κ2) is 15.0. The molecule has 0 radical (unpaired) electrons. The van der Waals surface area contributed by atoms with Crippen molar-refractivity contribution in [3.05, 3.63) is 35.9 Å². The Bertz CT molecular complexity index is 805. The van der Waals surface area contributed by atoms with Crippen LogP contribution in [-0.2, 0) is 30.4 Å². The number of nitrogens with one attached hydrogen (secondary N) is 2. The standard InChI is InChI=1S/C28H45N3O5/c1-21(31(20-32)36-24-18-12-13-19-35-24)23(17-11-7-10-16-22-14-8-6-9-15-22)26(33)30-25(27(34)29-5)28(2,3)4/h6,8-9,14-15,20-21,23-25H,7,10-13,16-19H2,1-5H3,(H,29,34)(H,30,33)/t21-,23+,24?,25+/m0/s1. The zero-order chi connectivity index (χ0) is 26.6. The van der Waals surface area contributed by atoms with Crippen LogP contribution in [0.1, 0.15) is 78.2 Å². The molecule has 8 heteroatoms. The summed E-state index contributed by atoms with van der Waals surface area (Å²) < 4.78 is 5.63. The lowest BCUT2D eigenvalue weighted by Gasteiger charge is -2.36. The van der Waals surface area contributed by atoms with Crippen molar-refractivity contribution >= 4 is 18.2 Å². The van der Waals surface area contributed by atoms with Crippen molar-refractivity contribution in [3.63, 3.8) is 0 Å². The zero-order valence-electron chi connectivity index (χ0n) is 22.6. The molecule has 0 aliphatic carbocycles. The molecule has 1 fully saturated rings. The van der Waals surface area contributed by atoms with Gasteiger partial charge in [-0.25, -0.2) is 9.90 Å². The normalized spacial score (nSPS) is 18.5. The van der Waals surface area contributed by atoms with Crippen LogP contribution in [-0.4, -0.2) is 55.3 Å². The second-order valence-electron chi connectivity index (χ2n) is 10.7. The number of amides is 3. The summed E-state index contributed by atoms with van der Waals surface area (Å²) in [6.45, 7) is 8.15. The molecule has 2 rings (SSSR count). The van der Waals surface area contributed by atoms with Gasteiger partial charge in [0.2, 0.25) is 18.2 Å². The van der Waals surface area contributed by atoms with Gasteiger partial charge < -0.3 is 15.4 Å². The van der Waals surface area contributed by atoms with E-state index in [1.807, 2.05) is 45.9 Å². The molecule has 1 saturated heterocycles. The average Bonchev–Trinajstić information content (AvgIpc) is 2.87.